The highest BCUT2D eigenvalue weighted by molar-refractivity contribution is 5.69. The summed E-state index contributed by atoms with van der Waals surface area (Å²) in [5.74, 6) is -0.739. The number of aryl methyl sites for hydroxylation is 1. The van der Waals surface area contributed by atoms with Crippen LogP contribution in [0.5, 0.6) is 0 Å². The predicted octanol–water partition coefficient (Wildman–Crippen LogP) is 2.55. The molecule has 6 heteroatoms. The summed E-state index contributed by atoms with van der Waals surface area (Å²) in [4.78, 5) is 15.5. The molecule has 0 amide bonds. The van der Waals surface area contributed by atoms with E-state index in [4.69, 9.17) is 5.11 Å². The van der Waals surface area contributed by atoms with Gasteiger partial charge < -0.3 is 5.11 Å². The van der Waals surface area contributed by atoms with E-state index in [1.54, 1.807) is 0 Å². The first-order chi connectivity index (χ1) is 12.6. The van der Waals surface area contributed by atoms with Gasteiger partial charge in [-0.05, 0) is 44.0 Å². The first-order valence-electron chi connectivity index (χ1n) is 9.35. The average molecular weight is 356 g/mol. The zero-order chi connectivity index (χ0) is 18.5. The van der Waals surface area contributed by atoms with Crippen molar-refractivity contribution in [1.29, 1.82) is 0 Å². The van der Waals surface area contributed by atoms with Crippen molar-refractivity contribution in [2.45, 2.75) is 39.3 Å². The summed E-state index contributed by atoms with van der Waals surface area (Å²) >= 11 is 0. The molecule has 1 aromatic carbocycles. The zero-order valence-corrected chi connectivity index (χ0v) is 15.6. The Kier molecular flexibility index (Phi) is 6.06. The Morgan fingerprint density at radius 3 is 2.65 bits per heavy atom. The van der Waals surface area contributed by atoms with Crippen molar-refractivity contribution in [3.63, 3.8) is 0 Å². The molecule has 6 nitrogen and oxygen atoms in total. The smallest absolute Gasteiger partial charge is 0.317 e. The van der Waals surface area contributed by atoms with Gasteiger partial charge in [0.25, 0.3) is 0 Å². The van der Waals surface area contributed by atoms with E-state index in [2.05, 4.69) is 40.0 Å². The predicted molar refractivity (Wildman–Crippen MR) is 101 cm³/mol. The van der Waals surface area contributed by atoms with Crippen LogP contribution in [0.15, 0.2) is 36.5 Å². The molecule has 1 fully saturated rings. The molecule has 2 aromatic rings. The number of aliphatic carboxylic acids is 1. The number of carbonyl (C=O) groups is 1. The van der Waals surface area contributed by atoms with Gasteiger partial charge >= 0.3 is 5.97 Å². The van der Waals surface area contributed by atoms with Crippen molar-refractivity contribution in [2.75, 3.05) is 26.2 Å². The zero-order valence-electron chi connectivity index (χ0n) is 15.6. The molecule has 1 N–H and O–H groups in total. The molecule has 1 aliphatic rings. The number of carboxylic acid groups (broad SMARTS) is 1. The maximum Gasteiger partial charge on any atom is 0.317 e. The molecule has 0 aliphatic carbocycles. The molecule has 26 heavy (non-hydrogen) atoms. The van der Waals surface area contributed by atoms with Gasteiger partial charge in [0.1, 0.15) is 0 Å². The van der Waals surface area contributed by atoms with E-state index >= 15 is 0 Å². The summed E-state index contributed by atoms with van der Waals surface area (Å²) in [6.45, 7) is 7.91. The van der Waals surface area contributed by atoms with Crippen molar-refractivity contribution in [3.8, 4) is 5.69 Å². The summed E-state index contributed by atoms with van der Waals surface area (Å²) in [5.41, 5.74) is 3.53. The minimum atomic E-state index is -0.739. The van der Waals surface area contributed by atoms with E-state index in [0.29, 0.717) is 6.04 Å². The van der Waals surface area contributed by atoms with E-state index < -0.39 is 5.97 Å². The van der Waals surface area contributed by atoms with Gasteiger partial charge in [0, 0.05) is 31.9 Å². The Morgan fingerprint density at radius 1 is 1.27 bits per heavy atom. The number of piperidine rings is 1. The second-order valence-electron chi connectivity index (χ2n) is 6.98. The molecule has 0 radical (unpaired) electrons. The fraction of sp³-hybridized carbons (Fsp3) is 0.500. The molecule has 3 rings (SSSR count). The fourth-order valence-electron chi connectivity index (χ4n) is 3.81. The molecule has 0 saturated carbocycles. The summed E-state index contributed by atoms with van der Waals surface area (Å²) in [6.07, 6.45) is 3.89. The summed E-state index contributed by atoms with van der Waals surface area (Å²) in [7, 11) is 0. The number of hydrogen-bond acceptors (Lipinski definition) is 4. The monoisotopic (exact) mass is 356 g/mol. The highest BCUT2D eigenvalue weighted by atomic mass is 16.4. The van der Waals surface area contributed by atoms with Crippen LogP contribution < -0.4 is 0 Å². The standard InChI is InChI=1S/C20H28N4O2/c1-3-23(15-20(25)26)17-9-12-22(13-10-17)14-18-8-11-21-24(18)19-7-5-4-6-16(19)2/h4-8,11,17H,3,9-10,12-15H2,1-2H3,(H,25,26). The number of nitrogens with zero attached hydrogens (tertiary/aromatic N) is 4. The minimum Gasteiger partial charge on any atom is -0.480 e. The van der Waals surface area contributed by atoms with E-state index in [1.165, 1.54) is 11.3 Å². The van der Waals surface area contributed by atoms with Crippen LogP contribution in [-0.2, 0) is 11.3 Å². The third-order valence-electron chi connectivity index (χ3n) is 5.27. The molecule has 1 aromatic heterocycles. The number of para-hydroxylation sites is 1. The lowest BCUT2D eigenvalue weighted by molar-refractivity contribution is -0.139. The van der Waals surface area contributed by atoms with Crippen LogP contribution in [0.25, 0.3) is 5.69 Å². The molecule has 0 bridgehead atoms. The van der Waals surface area contributed by atoms with Crippen LogP contribution in [0.3, 0.4) is 0 Å². The SMILES string of the molecule is CCN(CC(=O)O)C1CCN(Cc2ccnn2-c2ccccc2C)CC1. The van der Waals surface area contributed by atoms with Crippen LogP contribution >= 0.6 is 0 Å². The van der Waals surface area contributed by atoms with Gasteiger partial charge in [-0.15, -0.1) is 0 Å². The Bertz CT molecular complexity index is 735. The van der Waals surface area contributed by atoms with Crippen molar-refractivity contribution in [1.82, 2.24) is 19.6 Å². The second kappa shape index (κ2) is 8.47. The van der Waals surface area contributed by atoms with Crippen molar-refractivity contribution < 1.29 is 9.90 Å². The van der Waals surface area contributed by atoms with Crippen LogP contribution in [-0.4, -0.2) is 62.9 Å². The Labute approximate surface area is 155 Å². The lowest BCUT2D eigenvalue weighted by Gasteiger charge is -2.37. The first kappa shape index (κ1) is 18.6. The molecular formula is C20H28N4O2. The Hall–Kier alpha value is -2.18. The molecular weight excluding hydrogens is 328 g/mol. The first-order valence-corrected chi connectivity index (χ1v) is 9.35. The maximum absolute atomic E-state index is 11.0. The summed E-state index contributed by atoms with van der Waals surface area (Å²) < 4.78 is 2.03. The maximum atomic E-state index is 11.0. The van der Waals surface area contributed by atoms with Gasteiger partial charge in [-0.1, -0.05) is 25.1 Å². The summed E-state index contributed by atoms with van der Waals surface area (Å²) in [6, 6.07) is 10.7. The number of aromatic nitrogens is 2. The molecule has 1 saturated heterocycles. The molecule has 0 atom stereocenters. The van der Waals surface area contributed by atoms with E-state index in [1.807, 2.05) is 29.9 Å². The molecule has 0 unspecified atom stereocenters. The normalized spacial score (nSPS) is 16.3. The summed E-state index contributed by atoms with van der Waals surface area (Å²) in [5, 5.41) is 13.6. The van der Waals surface area contributed by atoms with Crippen LogP contribution in [0.1, 0.15) is 31.0 Å². The van der Waals surface area contributed by atoms with Gasteiger partial charge in [-0.2, -0.15) is 5.10 Å². The number of benzene rings is 1. The molecule has 0 spiro atoms. The van der Waals surface area contributed by atoms with E-state index in [0.717, 1.165) is 44.7 Å². The van der Waals surface area contributed by atoms with Gasteiger partial charge in [-0.25, -0.2) is 4.68 Å². The Morgan fingerprint density at radius 2 is 2.00 bits per heavy atom. The highest BCUT2D eigenvalue weighted by Gasteiger charge is 2.25. The van der Waals surface area contributed by atoms with Crippen molar-refractivity contribution in [3.05, 3.63) is 47.8 Å². The van der Waals surface area contributed by atoms with Gasteiger partial charge in [0.2, 0.25) is 0 Å². The topological polar surface area (TPSA) is 61.6 Å². The minimum absolute atomic E-state index is 0.140. The van der Waals surface area contributed by atoms with Crippen LogP contribution in [0, 0.1) is 6.92 Å². The van der Waals surface area contributed by atoms with Crippen LogP contribution in [0.2, 0.25) is 0 Å². The van der Waals surface area contributed by atoms with Gasteiger partial charge in [0.05, 0.1) is 17.9 Å². The Balaban J connectivity index is 1.62. The lowest BCUT2D eigenvalue weighted by Crippen LogP contribution is -2.46. The average Bonchev–Trinajstić information content (AvgIpc) is 3.08. The fourth-order valence-corrected chi connectivity index (χ4v) is 3.81. The number of hydrogen-bond donors (Lipinski definition) is 1. The lowest BCUT2D eigenvalue weighted by atomic mass is 10.0. The van der Waals surface area contributed by atoms with Crippen molar-refractivity contribution in [2.24, 2.45) is 0 Å². The van der Waals surface area contributed by atoms with Crippen molar-refractivity contribution >= 4 is 5.97 Å². The quantitative estimate of drug-likeness (QED) is 0.826. The number of likely N-dealkylation sites (N-methyl/N-ethyl adjacent to an activating group) is 1. The number of carboxylic acids is 1. The molecule has 140 valence electrons. The van der Waals surface area contributed by atoms with Crippen LogP contribution in [0.4, 0.5) is 0 Å². The number of likely N-dealkylation sites (tertiary alicyclic amines) is 1. The molecule has 2 heterocycles. The van der Waals surface area contributed by atoms with Gasteiger partial charge in [-0.3, -0.25) is 14.6 Å². The molecule has 1 aliphatic heterocycles. The highest BCUT2D eigenvalue weighted by Crippen LogP contribution is 2.20. The third-order valence-corrected chi connectivity index (χ3v) is 5.27. The van der Waals surface area contributed by atoms with Gasteiger partial charge in [0.15, 0.2) is 0 Å². The largest absolute Gasteiger partial charge is 0.480 e. The number of rotatable bonds is 7. The second-order valence-corrected chi connectivity index (χ2v) is 6.98. The third kappa shape index (κ3) is 4.31. The van der Waals surface area contributed by atoms with E-state index in [-0.39, 0.29) is 6.54 Å². The van der Waals surface area contributed by atoms with E-state index in [9.17, 15) is 4.79 Å².